The Kier molecular flexibility index (Phi) is 21.9. The lowest BCUT2D eigenvalue weighted by Crippen LogP contribution is -2.11. The van der Waals surface area contributed by atoms with Gasteiger partial charge in [-0.25, -0.2) is 41.9 Å². The fourth-order valence-corrected chi connectivity index (χ4v) is 11.7. The summed E-state index contributed by atoms with van der Waals surface area (Å²) in [6.07, 6.45) is 2.25. The quantitative estimate of drug-likeness (QED) is 0.0417. The van der Waals surface area contributed by atoms with Gasteiger partial charge in [-0.05, 0) is 134 Å². The van der Waals surface area contributed by atoms with Crippen molar-refractivity contribution < 1.29 is 22.0 Å². The number of hydrogen-bond acceptors (Lipinski definition) is 24. The summed E-state index contributed by atoms with van der Waals surface area (Å²) in [6, 6.07) is 45.6. The van der Waals surface area contributed by atoms with Crippen LogP contribution in [-0.2, 0) is 25.7 Å². The number of aryl methyl sites for hydroxylation is 5. The molecule has 0 radical (unpaired) electrons. The van der Waals surface area contributed by atoms with Crippen LogP contribution in [0.2, 0.25) is 10.0 Å². The Bertz CT molecular complexity index is 5590. The van der Waals surface area contributed by atoms with Crippen LogP contribution in [0.1, 0.15) is 56.6 Å². The van der Waals surface area contributed by atoms with Gasteiger partial charge in [-0.15, -0.1) is 0 Å². The van der Waals surface area contributed by atoms with Crippen LogP contribution in [0.5, 0.6) is 0 Å². The molecule has 16 rings (SSSR count). The highest BCUT2D eigenvalue weighted by Gasteiger charge is 2.23. The van der Waals surface area contributed by atoms with Crippen molar-refractivity contribution in [3.8, 4) is 23.8 Å². The van der Waals surface area contributed by atoms with Crippen LogP contribution >= 0.6 is 39.1 Å². The Hall–Kier alpha value is -13.2. The van der Waals surface area contributed by atoms with Gasteiger partial charge in [0.1, 0.15) is 51.2 Å². The van der Waals surface area contributed by atoms with Gasteiger partial charge in [-0.2, -0.15) is 59.8 Å². The first-order valence-electron chi connectivity index (χ1n) is 33.4. The van der Waals surface area contributed by atoms with Gasteiger partial charge in [-0.1, -0.05) is 109 Å². The molecule has 0 amide bonds. The van der Waals surface area contributed by atoms with E-state index in [1.54, 1.807) is 97.1 Å². The summed E-state index contributed by atoms with van der Waals surface area (Å²) in [5.41, 5.74) is 30.7. The fraction of sp³-hybridized carbons (Fsp3) is 0.123. The highest BCUT2D eigenvalue weighted by atomic mass is 79.9. The average Bonchev–Trinajstić information content (AvgIpc) is 1.65. The zero-order chi connectivity index (χ0) is 76.7. The highest BCUT2D eigenvalue weighted by Crippen LogP contribution is 2.31. The van der Waals surface area contributed by atoms with Crippen molar-refractivity contribution in [2.24, 2.45) is 0 Å². The van der Waals surface area contributed by atoms with Crippen molar-refractivity contribution >= 4 is 154 Å². The Morgan fingerprint density at radius 1 is 0.330 bits per heavy atom. The number of anilines is 12. The predicted octanol–water partition coefficient (Wildman–Crippen LogP) is 15.5. The van der Waals surface area contributed by atoms with Crippen molar-refractivity contribution in [2.45, 2.75) is 60.3 Å². The summed E-state index contributed by atoms with van der Waals surface area (Å²) in [4.78, 5) is 68.5. The Morgan fingerprint density at radius 3 is 0.899 bits per heavy atom. The van der Waals surface area contributed by atoms with Gasteiger partial charge in [0, 0.05) is 57.9 Å². The maximum atomic E-state index is 14.1. The van der Waals surface area contributed by atoms with E-state index in [9.17, 15) is 22.0 Å². The number of rotatable bonds is 16. The molecule has 0 unspecified atom stereocenters. The number of benzene rings is 8. The number of hydrogen-bond donors (Lipinski definition) is 8. The third-order valence-corrected chi connectivity index (χ3v) is 17.2. The zero-order valence-electron chi connectivity index (χ0n) is 58.2. The molecule has 8 heterocycles. The summed E-state index contributed by atoms with van der Waals surface area (Å²) >= 11 is 15.0. The Morgan fingerprint density at radius 2 is 0.606 bits per heavy atom. The number of nitrogens with one attached hydrogen (secondary N) is 4. The topological polar surface area (TPSA) is 378 Å². The summed E-state index contributed by atoms with van der Waals surface area (Å²) in [7, 11) is 0. The molecular formula is C73H62BrCl2F5N28. The van der Waals surface area contributed by atoms with E-state index >= 15 is 0 Å². The van der Waals surface area contributed by atoms with Crippen LogP contribution in [0.4, 0.5) is 92.3 Å². The maximum Gasteiger partial charge on any atom is 0.242 e. The molecule has 0 aliphatic rings. The lowest BCUT2D eigenvalue weighted by molar-refractivity contribution is 0.629. The second-order valence-electron chi connectivity index (χ2n) is 23.6. The van der Waals surface area contributed by atoms with E-state index in [-0.39, 0.29) is 86.4 Å². The minimum atomic E-state index is -0.585. The van der Waals surface area contributed by atoms with Crippen molar-refractivity contribution in [1.82, 2.24) is 98.0 Å². The molecule has 12 N–H and O–H groups in total. The zero-order valence-corrected chi connectivity index (χ0v) is 61.3. The van der Waals surface area contributed by atoms with Crippen molar-refractivity contribution in [3.63, 3.8) is 0 Å². The molecule has 8 aromatic carbocycles. The van der Waals surface area contributed by atoms with E-state index in [1.165, 1.54) is 36.4 Å². The predicted molar refractivity (Wildman–Crippen MR) is 414 cm³/mol. The molecule has 109 heavy (non-hydrogen) atoms. The lowest BCUT2D eigenvalue weighted by Gasteiger charge is -2.10. The van der Waals surface area contributed by atoms with Gasteiger partial charge in [0.25, 0.3) is 0 Å². The van der Waals surface area contributed by atoms with Gasteiger partial charge in [0.05, 0.1) is 27.1 Å². The minimum Gasteiger partial charge on any atom is -0.368 e. The van der Waals surface area contributed by atoms with Crippen molar-refractivity contribution in [1.29, 1.82) is 0 Å². The molecule has 0 atom stereocenters. The molecule has 8 aromatic heterocycles. The number of nitrogen functional groups attached to an aromatic ring is 4. The molecule has 0 fully saturated rings. The molecule has 0 spiro atoms. The van der Waals surface area contributed by atoms with Crippen molar-refractivity contribution in [3.05, 3.63) is 236 Å². The summed E-state index contributed by atoms with van der Waals surface area (Å²) in [6.45, 7) is 9.69. The molecule has 0 saturated heterocycles. The first-order chi connectivity index (χ1) is 52.6. The van der Waals surface area contributed by atoms with Crippen LogP contribution in [0, 0.1) is 36.0 Å². The van der Waals surface area contributed by atoms with E-state index in [0.29, 0.717) is 99.6 Å². The number of aromatic nitrogens is 20. The fourth-order valence-electron chi connectivity index (χ4n) is 11.2. The first-order valence-corrected chi connectivity index (χ1v) is 35.0. The third-order valence-electron chi connectivity index (χ3n) is 16.1. The number of para-hydroxylation sites is 4. The van der Waals surface area contributed by atoms with Crippen LogP contribution in [0.3, 0.4) is 0 Å². The normalized spacial score (nSPS) is 11.1. The largest absolute Gasteiger partial charge is 0.368 e. The number of halogens is 8. The molecule has 28 nitrogen and oxygen atoms in total. The van der Waals surface area contributed by atoms with Crippen LogP contribution < -0.4 is 44.2 Å². The molecular weight excluding hydrogens is 1510 g/mol. The summed E-state index contributed by atoms with van der Waals surface area (Å²) in [5.74, 6) is 2.35. The van der Waals surface area contributed by atoms with Crippen molar-refractivity contribution in [2.75, 3.05) is 44.2 Å². The Balaban J connectivity index is 0.000000128. The molecule has 0 bridgehead atoms. The van der Waals surface area contributed by atoms with Gasteiger partial charge < -0.3 is 44.2 Å². The maximum absolute atomic E-state index is 14.1. The lowest BCUT2D eigenvalue weighted by atomic mass is 10.2. The second-order valence-corrected chi connectivity index (χ2v) is 25.3. The van der Waals surface area contributed by atoms with E-state index in [1.807, 2.05) is 83.1 Å². The van der Waals surface area contributed by atoms with Gasteiger partial charge in [0.2, 0.25) is 71.4 Å². The summed E-state index contributed by atoms with van der Waals surface area (Å²) < 4.78 is 77.9. The smallest absolute Gasteiger partial charge is 0.242 e. The SMILES string of the molecule is CCc1nc2c(F)cccc2n1-c1nc(N)nc(Nc2ccc(Br)cc2)n1.CCc1nc2c(F)cccc2n1-c1nc(N)nc(Nc2ccc(C)cc2)n1.CCc1nc2c(F)cccc2n1-c1nc(N)nc(Nc2ccc(Cl)c(F)c2)n1.CCc1nc2c(F)cccc2n1-c1nc(N)nc(Nc2ccc(Cl)cc2)n1. The van der Waals surface area contributed by atoms with E-state index < -0.39 is 23.3 Å². The number of fused-ring (bicyclic) bond motifs is 4. The number of imidazole rings is 4. The third kappa shape index (κ3) is 16.6. The van der Waals surface area contributed by atoms with Crippen LogP contribution in [0.25, 0.3) is 67.9 Å². The van der Waals surface area contributed by atoms with E-state index in [4.69, 9.17) is 46.1 Å². The van der Waals surface area contributed by atoms with E-state index in [0.717, 1.165) is 27.1 Å². The molecule has 0 aliphatic carbocycles. The molecule has 0 saturated carbocycles. The molecule has 0 aliphatic heterocycles. The van der Waals surface area contributed by atoms with Gasteiger partial charge in [-0.3, -0.25) is 18.3 Å². The van der Waals surface area contributed by atoms with Gasteiger partial charge in [0.15, 0.2) is 23.3 Å². The van der Waals surface area contributed by atoms with Gasteiger partial charge >= 0.3 is 0 Å². The number of nitrogens with two attached hydrogens (primary N) is 4. The summed E-state index contributed by atoms with van der Waals surface area (Å²) in [5, 5.41) is 12.8. The van der Waals surface area contributed by atoms with Crippen LogP contribution in [0.15, 0.2) is 168 Å². The minimum absolute atomic E-state index is 0.000833. The Labute approximate surface area is 634 Å². The monoisotopic (exact) mass is 1570 g/mol. The molecule has 550 valence electrons. The first kappa shape index (κ1) is 74.1. The molecule has 36 heteroatoms. The molecule has 16 aromatic rings. The average molecular weight is 1580 g/mol. The van der Waals surface area contributed by atoms with E-state index in [2.05, 4.69) is 117 Å². The number of nitrogens with zero attached hydrogens (tertiary/aromatic N) is 20. The second kappa shape index (κ2) is 32.3. The highest BCUT2D eigenvalue weighted by molar-refractivity contribution is 9.10. The standard InChI is InChI=1S/C19H18FN7.C18H15BrFN7.C18H14ClF2N7.C18H15ClFN7/c1-3-15-23-16-13(20)5-4-6-14(16)27(15)19-25-17(21)24-18(26-19)22-12-9-7-11(2)8-10-12;1-2-14-23-15-12(20)4-3-5-13(15)27(14)18-25-16(21)24-17(26-18)22-11-8-6-10(19)7-9-11;1-2-14-24-15-11(20)4-3-5-13(15)28(14)18-26-16(22)25-17(27-18)23-9-6-7-10(19)12(21)8-9;1-2-14-23-15-12(20)4-3-5-13(15)27(14)18-25-16(21)24-17(26-18)22-11-8-6-10(19)7-9-11/h4-10H,3H2,1-2H3,(H3,21,22,24,25,26);3-9H,2H2,1H3,(H3,21,22,24,25,26);3-8H,2H2,1H3,(H3,22,23,25,26,27);3-9H,2H2,1H3,(H3,21,22,24,25,26). The van der Waals surface area contributed by atoms with Crippen LogP contribution in [-0.4, -0.2) is 98.0 Å².